The van der Waals surface area contributed by atoms with Gasteiger partial charge in [-0.3, -0.25) is 0 Å². The third kappa shape index (κ3) is 4.59. The summed E-state index contributed by atoms with van der Waals surface area (Å²) in [5.41, 5.74) is 1.73. The summed E-state index contributed by atoms with van der Waals surface area (Å²) in [6.45, 7) is 5.16. The van der Waals surface area contributed by atoms with Crippen molar-refractivity contribution in [2.24, 2.45) is 0 Å². The number of fused-ring (bicyclic) bond motifs is 1. The zero-order chi connectivity index (χ0) is 17.7. The van der Waals surface area contributed by atoms with E-state index in [9.17, 15) is 14.4 Å². The second-order valence-electron chi connectivity index (χ2n) is 5.08. The summed E-state index contributed by atoms with van der Waals surface area (Å²) in [5.74, 6) is -0.997. The van der Waals surface area contributed by atoms with Crippen LogP contribution in [0, 0.1) is 3.57 Å². The zero-order valence-corrected chi connectivity index (χ0v) is 16.0. The summed E-state index contributed by atoms with van der Waals surface area (Å²) >= 11 is -2.91. The predicted octanol–water partition coefficient (Wildman–Crippen LogP) is 3.23. The van der Waals surface area contributed by atoms with Crippen LogP contribution in [-0.4, -0.2) is 31.2 Å². The summed E-state index contributed by atoms with van der Waals surface area (Å²) in [6, 6.07) is 5.44. The van der Waals surface area contributed by atoms with Crippen LogP contribution in [0.2, 0.25) is 0 Å². The predicted molar refractivity (Wildman–Crippen MR) is 95.4 cm³/mol. The number of hydrogen-bond donors (Lipinski definition) is 0. The van der Waals surface area contributed by atoms with Crippen LogP contribution in [-0.2, 0) is 26.9 Å². The molecule has 0 unspecified atom stereocenters. The van der Waals surface area contributed by atoms with Gasteiger partial charge in [0.15, 0.2) is 0 Å². The Kier molecular flexibility index (Phi) is 6.41. The zero-order valence-electron chi connectivity index (χ0n) is 13.8. The fourth-order valence-corrected chi connectivity index (χ4v) is 5.08. The standard InChI is InChI=1S/C16H20INO6/c1-4-22-16(21)18-9-5-6-13-7-8-14(10-15(13)18)17(23-11(2)19)24-12(3)20/h7-8,10H,4-6,9H2,1-3H3. The number of ether oxygens (including phenoxy) is 1. The maximum atomic E-state index is 12.1. The van der Waals surface area contributed by atoms with Gasteiger partial charge in [0.2, 0.25) is 0 Å². The molecule has 0 bridgehead atoms. The Morgan fingerprint density at radius 2 is 1.83 bits per heavy atom. The number of rotatable bonds is 4. The van der Waals surface area contributed by atoms with E-state index in [4.69, 9.17) is 10.9 Å². The molecule has 0 saturated heterocycles. The number of hydrogen-bond acceptors (Lipinski definition) is 6. The van der Waals surface area contributed by atoms with Crippen molar-refractivity contribution < 1.29 is 25.3 Å². The number of anilines is 1. The number of nitrogens with zero attached hydrogens (tertiary/aromatic N) is 1. The van der Waals surface area contributed by atoms with Gasteiger partial charge in [-0.25, -0.2) is 0 Å². The van der Waals surface area contributed by atoms with Crippen molar-refractivity contribution in [3.63, 3.8) is 0 Å². The fourth-order valence-electron chi connectivity index (χ4n) is 2.34. The van der Waals surface area contributed by atoms with E-state index in [-0.39, 0.29) is 0 Å². The molecule has 132 valence electrons. The molecule has 0 fully saturated rings. The number of halogens is 1. The molecule has 1 aliphatic heterocycles. The maximum absolute atomic E-state index is 12.1. The molecule has 1 heterocycles. The normalized spacial score (nSPS) is 13.6. The third-order valence-corrected chi connectivity index (χ3v) is 6.92. The minimum absolute atomic E-state index is 0.295. The summed E-state index contributed by atoms with van der Waals surface area (Å²) in [7, 11) is 0. The van der Waals surface area contributed by atoms with E-state index >= 15 is 0 Å². The van der Waals surface area contributed by atoms with Gasteiger partial charge in [-0.05, 0) is 0 Å². The van der Waals surface area contributed by atoms with Crippen LogP contribution in [0.3, 0.4) is 0 Å². The Morgan fingerprint density at radius 3 is 2.42 bits per heavy atom. The Labute approximate surface area is 148 Å². The molecule has 1 aromatic rings. The molecule has 0 radical (unpaired) electrons. The molecule has 0 aromatic heterocycles. The van der Waals surface area contributed by atoms with Crippen molar-refractivity contribution in [1.29, 1.82) is 0 Å². The molecular formula is C16H20INO6. The van der Waals surface area contributed by atoms with Gasteiger partial charge in [0.1, 0.15) is 0 Å². The van der Waals surface area contributed by atoms with Gasteiger partial charge >= 0.3 is 149 Å². The van der Waals surface area contributed by atoms with Gasteiger partial charge in [-0.15, -0.1) is 0 Å². The van der Waals surface area contributed by atoms with Gasteiger partial charge in [0, 0.05) is 0 Å². The molecule has 0 spiro atoms. The van der Waals surface area contributed by atoms with Gasteiger partial charge in [-0.2, -0.15) is 0 Å². The van der Waals surface area contributed by atoms with Crippen LogP contribution >= 0.6 is 20.6 Å². The average molecular weight is 449 g/mol. The number of amides is 1. The first-order chi connectivity index (χ1) is 11.4. The van der Waals surface area contributed by atoms with Crippen LogP contribution in [0.4, 0.5) is 10.5 Å². The average Bonchev–Trinajstić information content (AvgIpc) is 2.52. The van der Waals surface area contributed by atoms with Crippen molar-refractivity contribution in [2.75, 3.05) is 18.1 Å². The van der Waals surface area contributed by atoms with Gasteiger partial charge in [0.05, 0.1) is 0 Å². The molecular weight excluding hydrogens is 429 g/mol. The Bertz CT molecular complexity index is 631. The Balaban J connectivity index is 2.35. The molecule has 1 amide bonds. The van der Waals surface area contributed by atoms with Crippen molar-refractivity contribution in [2.45, 2.75) is 33.6 Å². The van der Waals surface area contributed by atoms with Gasteiger partial charge in [-0.1, -0.05) is 0 Å². The number of carbonyl (C=O) groups is 3. The van der Waals surface area contributed by atoms with Crippen LogP contribution in [0.1, 0.15) is 32.8 Å². The fraction of sp³-hybridized carbons (Fsp3) is 0.438. The molecule has 2 rings (SSSR count). The van der Waals surface area contributed by atoms with Gasteiger partial charge in [0.25, 0.3) is 0 Å². The van der Waals surface area contributed by atoms with E-state index < -0.39 is 38.7 Å². The van der Waals surface area contributed by atoms with Crippen molar-refractivity contribution in [3.05, 3.63) is 27.3 Å². The number of benzene rings is 1. The topological polar surface area (TPSA) is 82.1 Å². The summed E-state index contributed by atoms with van der Waals surface area (Å²) in [4.78, 5) is 36.3. The molecule has 24 heavy (non-hydrogen) atoms. The van der Waals surface area contributed by atoms with E-state index in [1.807, 2.05) is 6.07 Å². The van der Waals surface area contributed by atoms with Gasteiger partial charge < -0.3 is 0 Å². The van der Waals surface area contributed by atoms with Crippen LogP contribution < -0.4 is 4.90 Å². The third-order valence-electron chi connectivity index (χ3n) is 3.19. The van der Waals surface area contributed by atoms with E-state index in [1.165, 1.54) is 13.8 Å². The van der Waals surface area contributed by atoms with E-state index in [2.05, 4.69) is 0 Å². The minimum atomic E-state index is -2.91. The number of aryl methyl sites for hydroxylation is 1. The van der Waals surface area contributed by atoms with Crippen molar-refractivity contribution in [3.8, 4) is 0 Å². The molecule has 0 aliphatic carbocycles. The molecule has 1 aromatic carbocycles. The van der Waals surface area contributed by atoms with E-state index in [0.29, 0.717) is 16.7 Å². The molecule has 7 nitrogen and oxygen atoms in total. The Morgan fingerprint density at radius 1 is 1.17 bits per heavy atom. The second kappa shape index (κ2) is 8.32. The SMILES string of the molecule is CCOC(=O)N1CCCc2ccc(I(OC(C)=O)OC(C)=O)cc21. The van der Waals surface area contributed by atoms with Crippen LogP contribution in [0.5, 0.6) is 0 Å². The summed E-state index contributed by atoms with van der Waals surface area (Å²) < 4.78 is 16.2. The first-order valence-electron chi connectivity index (χ1n) is 7.57. The second-order valence-corrected chi connectivity index (χ2v) is 8.45. The van der Waals surface area contributed by atoms with Crippen molar-refractivity contribution in [1.82, 2.24) is 0 Å². The first-order valence-corrected chi connectivity index (χ1v) is 10.4. The van der Waals surface area contributed by atoms with Crippen LogP contribution in [0.15, 0.2) is 18.2 Å². The summed E-state index contributed by atoms with van der Waals surface area (Å²) in [5, 5.41) is 0. The molecule has 0 atom stereocenters. The monoisotopic (exact) mass is 449 g/mol. The van der Waals surface area contributed by atoms with Crippen molar-refractivity contribution >= 4 is 44.4 Å². The molecule has 0 N–H and O–H groups in total. The quantitative estimate of drug-likeness (QED) is 0.657. The van der Waals surface area contributed by atoms with Crippen LogP contribution in [0.25, 0.3) is 0 Å². The molecule has 0 saturated carbocycles. The first kappa shape index (κ1) is 18.5. The Hall–Kier alpha value is -1.84. The molecule has 8 heteroatoms. The van der Waals surface area contributed by atoms with E-state index in [1.54, 1.807) is 24.0 Å². The summed E-state index contributed by atoms with van der Waals surface area (Å²) in [6.07, 6.45) is 1.29. The van der Waals surface area contributed by atoms with E-state index in [0.717, 1.165) is 24.1 Å². The number of carbonyl (C=O) groups excluding carboxylic acids is 3. The molecule has 1 aliphatic rings.